The Balaban J connectivity index is 2.95. The van der Waals surface area contributed by atoms with Gasteiger partial charge in [-0.2, -0.15) is 13.2 Å². The lowest BCUT2D eigenvalue weighted by atomic mass is 10.1. The highest BCUT2D eigenvalue weighted by Gasteiger charge is 2.37. The average Bonchev–Trinajstić information content (AvgIpc) is 2.21. The van der Waals surface area contributed by atoms with Crippen molar-refractivity contribution >= 4 is 10.9 Å². The highest BCUT2D eigenvalue weighted by atomic mass is 19.4. The van der Waals surface area contributed by atoms with Crippen LogP contribution in [0.25, 0.3) is 10.9 Å². The lowest BCUT2D eigenvalue weighted by Crippen LogP contribution is -2.35. The highest BCUT2D eigenvalue weighted by Crippen LogP contribution is 2.27. The van der Waals surface area contributed by atoms with Crippen LogP contribution in [0.3, 0.4) is 0 Å². The lowest BCUT2D eigenvalue weighted by molar-refractivity contribution is -0.147. The summed E-state index contributed by atoms with van der Waals surface area (Å²) >= 11 is 0. The summed E-state index contributed by atoms with van der Waals surface area (Å²) in [5, 5.41) is 0.100. The molecule has 90 valence electrons. The molecule has 2 aromatic rings. The maximum Gasteiger partial charge on any atom is 0.451 e. The first-order valence-electron chi connectivity index (χ1n) is 4.67. The van der Waals surface area contributed by atoms with Crippen molar-refractivity contribution in [3.63, 3.8) is 0 Å². The van der Waals surface area contributed by atoms with E-state index in [-0.39, 0.29) is 15.6 Å². The predicted octanol–water partition coefficient (Wildman–Crippen LogP) is 1.44. The summed E-state index contributed by atoms with van der Waals surface area (Å²) in [5.74, 6) is 3.72. The normalized spacial score (nSPS) is 12.0. The van der Waals surface area contributed by atoms with Crippen molar-refractivity contribution in [1.82, 2.24) is 9.66 Å². The molecule has 7 heteroatoms. The molecule has 0 bridgehead atoms. The van der Waals surface area contributed by atoms with Crippen molar-refractivity contribution in [3.05, 3.63) is 39.9 Å². The maximum absolute atomic E-state index is 12.6. The fourth-order valence-electron chi connectivity index (χ4n) is 1.61. The van der Waals surface area contributed by atoms with Crippen molar-refractivity contribution < 1.29 is 13.2 Å². The molecule has 0 atom stereocenters. The Morgan fingerprint density at radius 1 is 1.35 bits per heavy atom. The minimum absolute atomic E-state index is 0.0102. The van der Waals surface area contributed by atoms with Gasteiger partial charge in [0.05, 0.1) is 10.9 Å². The quantitative estimate of drug-likeness (QED) is 0.712. The van der Waals surface area contributed by atoms with E-state index < -0.39 is 17.6 Å². The zero-order valence-electron chi connectivity index (χ0n) is 8.75. The number of nitrogens with zero attached hydrogens (tertiary/aromatic N) is 2. The van der Waals surface area contributed by atoms with Gasteiger partial charge in [-0.1, -0.05) is 12.1 Å². The first-order valence-corrected chi connectivity index (χ1v) is 4.67. The molecule has 17 heavy (non-hydrogen) atoms. The van der Waals surface area contributed by atoms with E-state index in [0.717, 1.165) is 0 Å². The minimum atomic E-state index is -4.76. The average molecular weight is 243 g/mol. The third kappa shape index (κ3) is 1.73. The summed E-state index contributed by atoms with van der Waals surface area (Å²) in [6, 6.07) is 4.49. The van der Waals surface area contributed by atoms with Gasteiger partial charge < -0.3 is 5.84 Å². The molecule has 0 unspecified atom stereocenters. The van der Waals surface area contributed by atoms with Gasteiger partial charge in [-0.15, -0.1) is 0 Å². The van der Waals surface area contributed by atoms with Crippen LogP contribution >= 0.6 is 0 Å². The van der Waals surface area contributed by atoms with Gasteiger partial charge in [-0.25, -0.2) is 9.66 Å². The number of aryl methyl sites for hydroxylation is 1. The summed E-state index contributed by atoms with van der Waals surface area (Å²) in [6.45, 7) is 1.61. The Kier molecular flexibility index (Phi) is 2.34. The third-order valence-corrected chi connectivity index (χ3v) is 2.39. The number of fused-ring (bicyclic) bond motifs is 1. The Bertz CT molecular complexity index is 646. The van der Waals surface area contributed by atoms with E-state index in [2.05, 4.69) is 4.98 Å². The number of benzene rings is 1. The molecule has 2 N–H and O–H groups in total. The Hall–Kier alpha value is -2.05. The molecule has 1 aromatic heterocycles. The fourth-order valence-corrected chi connectivity index (χ4v) is 1.61. The second-order valence-corrected chi connectivity index (χ2v) is 3.58. The van der Waals surface area contributed by atoms with Crippen LogP contribution in [0.2, 0.25) is 0 Å². The molecule has 1 heterocycles. The molecule has 0 amide bonds. The van der Waals surface area contributed by atoms with Crippen LogP contribution in [0, 0.1) is 6.92 Å². The van der Waals surface area contributed by atoms with Crippen LogP contribution in [-0.2, 0) is 6.18 Å². The van der Waals surface area contributed by atoms with Gasteiger partial charge in [0.2, 0.25) is 5.82 Å². The molecule has 0 fully saturated rings. The van der Waals surface area contributed by atoms with Crippen LogP contribution in [0.1, 0.15) is 11.4 Å². The zero-order chi connectivity index (χ0) is 12.8. The zero-order valence-corrected chi connectivity index (χ0v) is 8.75. The van der Waals surface area contributed by atoms with Gasteiger partial charge in [0.15, 0.2) is 0 Å². The summed E-state index contributed by atoms with van der Waals surface area (Å²) in [6.07, 6.45) is -4.76. The summed E-state index contributed by atoms with van der Waals surface area (Å²) in [7, 11) is 0. The first-order chi connectivity index (χ1) is 7.82. The predicted molar refractivity (Wildman–Crippen MR) is 55.9 cm³/mol. The molecule has 0 spiro atoms. The molecular weight excluding hydrogens is 235 g/mol. The number of aromatic nitrogens is 2. The van der Waals surface area contributed by atoms with Crippen molar-refractivity contribution in [2.24, 2.45) is 0 Å². The van der Waals surface area contributed by atoms with Gasteiger partial charge in [0.25, 0.3) is 5.56 Å². The molecular formula is C10H8F3N3O. The molecule has 0 aliphatic carbocycles. The fraction of sp³-hybridized carbons (Fsp3) is 0.200. The molecule has 2 rings (SSSR count). The van der Waals surface area contributed by atoms with Crippen molar-refractivity contribution in [2.45, 2.75) is 13.1 Å². The smallest absolute Gasteiger partial charge is 0.334 e. The molecule has 0 aliphatic heterocycles. The van der Waals surface area contributed by atoms with Crippen LogP contribution in [0.4, 0.5) is 13.2 Å². The highest BCUT2D eigenvalue weighted by molar-refractivity contribution is 5.81. The van der Waals surface area contributed by atoms with Gasteiger partial charge >= 0.3 is 6.18 Å². The van der Waals surface area contributed by atoms with E-state index in [0.29, 0.717) is 5.56 Å². The summed E-state index contributed by atoms with van der Waals surface area (Å²) in [4.78, 5) is 15.1. The number of alkyl halides is 3. The van der Waals surface area contributed by atoms with Crippen LogP contribution in [-0.4, -0.2) is 9.66 Å². The first kappa shape index (κ1) is 11.4. The van der Waals surface area contributed by atoms with Crippen molar-refractivity contribution in [2.75, 3.05) is 5.84 Å². The second kappa shape index (κ2) is 3.47. The van der Waals surface area contributed by atoms with Crippen LogP contribution in [0.15, 0.2) is 23.0 Å². The van der Waals surface area contributed by atoms with E-state index in [1.54, 1.807) is 13.0 Å². The monoisotopic (exact) mass is 243 g/mol. The van der Waals surface area contributed by atoms with E-state index in [4.69, 9.17) is 5.84 Å². The molecule has 4 nitrogen and oxygen atoms in total. The van der Waals surface area contributed by atoms with E-state index in [9.17, 15) is 18.0 Å². The summed E-state index contributed by atoms with van der Waals surface area (Å²) in [5.41, 5.74) is -0.377. The number of hydrogen-bond donors (Lipinski definition) is 1. The number of nitrogens with two attached hydrogens (primary N) is 1. The molecule has 0 saturated heterocycles. The maximum atomic E-state index is 12.6. The van der Waals surface area contributed by atoms with E-state index >= 15 is 0 Å². The number of hydrogen-bond acceptors (Lipinski definition) is 3. The van der Waals surface area contributed by atoms with Gasteiger partial charge in [-0.05, 0) is 18.6 Å². The molecule has 0 saturated carbocycles. The SMILES string of the molecule is Cc1cccc2nc(C(F)(F)F)n(N)c(=O)c12. The lowest BCUT2D eigenvalue weighted by Gasteiger charge is -2.11. The topological polar surface area (TPSA) is 60.9 Å². The third-order valence-electron chi connectivity index (χ3n) is 2.39. The molecule has 0 aliphatic rings. The number of nitrogen functional groups attached to an aromatic ring is 1. The number of halogens is 3. The van der Waals surface area contributed by atoms with E-state index in [1.165, 1.54) is 12.1 Å². The minimum Gasteiger partial charge on any atom is -0.334 e. The van der Waals surface area contributed by atoms with Crippen molar-refractivity contribution in [3.8, 4) is 0 Å². The van der Waals surface area contributed by atoms with E-state index in [1.807, 2.05) is 0 Å². The Morgan fingerprint density at radius 3 is 2.59 bits per heavy atom. The van der Waals surface area contributed by atoms with Crippen LogP contribution < -0.4 is 11.4 Å². The number of rotatable bonds is 0. The Morgan fingerprint density at radius 2 is 2.00 bits per heavy atom. The molecule has 1 aromatic carbocycles. The molecule has 0 radical (unpaired) electrons. The van der Waals surface area contributed by atoms with Gasteiger partial charge in [0.1, 0.15) is 0 Å². The summed E-state index contributed by atoms with van der Waals surface area (Å²) < 4.78 is 37.7. The standard InChI is InChI=1S/C10H8F3N3O/c1-5-3-2-4-6-7(5)8(17)16(14)9(15-6)10(11,12)13/h2-4H,14H2,1H3. The van der Waals surface area contributed by atoms with Gasteiger partial charge in [0, 0.05) is 0 Å². The Labute approximate surface area is 93.5 Å². The second-order valence-electron chi connectivity index (χ2n) is 3.58. The largest absolute Gasteiger partial charge is 0.451 e. The van der Waals surface area contributed by atoms with Crippen LogP contribution in [0.5, 0.6) is 0 Å². The van der Waals surface area contributed by atoms with Crippen molar-refractivity contribution in [1.29, 1.82) is 0 Å². The van der Waals surface area contributed by atoms with Gasteiger partial charge in [-0.3, -0.25) is 4.79 Å².